The zero-order valence-corrected chi connectivity index (χ0v) is 9.79. The van der Waals surface area contributed by atoms with Gasteiger partial charge < -0.3 is 14.7 Å². The van der Waals surface area contributed by atoms with Gasteiger partial charge in [-0.3, -0.25) is 4.79 Å². The summed E-state index contributed by atoms with van der Waals surface area (Å²) in [4.78, 5) is 23.4. The summed E-state index contributed by atoms with van der Waals surface area (Å²) in [7, 11) is 1.47. The van der Waals surface area contributed by atoms with Crippen LogP contribution >= 0.6 is 0 Å². The average Bonchev–Trinajstić information content (AvgIpc) is 2.35. The van der Waals surface area contributed by atoms with Gasteiger partial charge in [0.2, 0.25) is 6.41 Å². The molecule has 17 heavy (non-hydrogen) atoms. The van der Waals surface area contributed by atoms with Gasteiger partial charge in [-0.25, -0.2) is 4.79 Å². The summed E-state index contributed by atoms with van der Waals surface area (Å²) in [6.45, 7) is 2.04. The molecular weight excluding hydrogens is 222 g/mol. The van der Waals surface area contributed by atoms with E-state index in [4.69, 9.17) is 4.74 Å². The predicted molar refractivity (Wildman–Crippen MR) is 61.8 cm³/mol. The number of carbonyl (C=O) groups excluding carboxylic acids is 1. The molecule has 0 aliphatic rings. The highest BCUT2D eigenvalue weighted by Crippen LogP contribution is 2.28. The quantitative estimate of drug-likeness (QED) is 0.757. The SMILES string of the molecule is CCN(C=O)C(C(=O)O)c1ccccc1OC. The van der Waals surface area contributed by atoms with Gasteiger partial charge in [-0.2, -0.15) is 0 Å². The van der Waals surface area contributed by atoms with Crippen molar-refractivity contribution in [3.63, 3.8) is 0 Å². The summed E-state index contributed by atoms with van der Waals surface area (Å²) < 4.78 is 5.11. The van der Waals surface area contributed by atoms with Crippen molar-refractivity contribution in [2.75, 3.05) is 13.7 Å². The Morgan fingerprint density at radius 3 is 2.65 bits per heavy atom. The van der Waals surface area contributed by atoms with E-state index in [0.717, 1.165) is 0 Å². The Bertz CT molecular complexity index is 405. The van der Waals surface area contributed by atoms with Crippen LogP contribution in [-0.4, -0.2) is 36.0 Å². The van der Waals surface area contributed by atoms with Gasteiger partial charge in [-0.15, -0.1) is 0 Å². The largest absolute Gasteiger partial charge is 0.496 e. The number of ether oxygens (including phenoxy) is 1. The third-order valence-corrected chi connectivity index (χ3v) is 2.50. The minimum atomic E-state index is -1.08. The first kappa shape index (κ1) is 13.0. The van der Waals surface area contributed by atoms with Crippen LogP contribution in [0.5, 0.6) is 5.75 Å². The molecule has 1 aromatic carbocycles. The number of carboxylic acids is 1. The van der Waals surface area contributed by atoms with Crippen LogP contribution in [0, 0.1) is 0 Å². The van der Waals surface area contributed by atoms with Crippen molar-refractivity contribution in [2.45, 2.75) is 13.0 Å². The smallest absolute Gasteiger partial charge is 0.331 e. The minimum absolute atomic E-state index is 0.318. The molecule has 0 aromatic heterocycles. The first-order chi connectivity index (χ1) is 8.15. The molecule has 0 heterocycles. The topological polar surface area (TPSA) is 66.8 Å². The van der Waals surface area contributed by atoms with Crippen molar-refractivity contribution in [2.24, 2.45) is 0 Å². The lowest BCUT2D eigenvalue weighted by molar-refractivity contribution is -0.146. The van der Waals surface area contributed by atoms with E-state index in [1.54, 1.807) is 31.2 Å². The lowest BCUT2D eigenvalue weighted by Crippen LogP contribution is -2.33. The van der Waals surface area contributed by atoms with E-state index in [1.165, 1.54) is 12.0 Å². The zero-order valence-electron chi connectivity index (χ0n) is 9.79. The standard InChI is InChI=1S/C12H15NO4/c1-3-13(8-14)11(12(15)16)9-6-4-5-7-10(9)17-2/h4-8,11H,3H2,1-2H3,(H,15,16). The van der Waals surface area contributed by atoms with E-state index in [0.29, 0.717) is 24.3 Å². The molecule has 5 heteroatoms. The highest BCUT2D eigenvalue weighted by Gasteiger charge is 2.28. The lowest BCUT2D eigenvalue weighted by atomic mass is 10.0. The molecule has 1 N–H and O–H groups in total. The first-order valence-electron chi connectivity index (χ1n) is 5.22. The number of methoxy groups -OCH3 is 1. The van der Waals surface area contributed by atoms with Crippen molar-refractivity contribution in [1.29, 1.82) is 0 Å². The van der Waals surface area contributed by atoms with Crippen LogP contribution in [0.15, 0.2) is 24.3 Å². The van der Waals surface area contributed by atoms with Crippen molar-refractivity contribution in [1.82, 2.24) is 4.90 Å². The Kier molecular flexibility index (Phi) is 4.51. The lowest BCUT2D eigenvalue weighted by Gasteiger charge is -2.25. The van der Waals surface area contributed by atoms with Gasteiger partial charge in [0, 0.05) is 12.1 Å². The van der Waals surface area contributed by atoms with Crippen LogP contribution in [0.2, 0.25) is 0 Å². The average molecular weight is 237 g/mol. The highest BCUT2D eigenvalue weighted by molar-refractivity contribution is 5.79. The van der Waals surface area contributed by atoms with Gasteiger partial charge in [0.05, 0.1) is 7.11 Å². The van der Waals surface area contributed by atoms with Crippen molar-refractivity contribution in [3.05, 3.63) is 29.8 Å². The maximum atomic E-state index is 11.3. The van der Waals surface area contributed by atoms with Crippen LogP contribution in [0.1, 0.15) is 18.5 Å². The number of amides is 1. The predicted octanol–water partition coefficient (Wildman–Crippen LogP) is 1.30. The van der Waals surface area contributed by atoms with E-state index in [1.807, 2.05) is 0 Å². The molecule has 0 saturated heterocycles. The van der Waals surface area contributed by atoms with Gasteiger partial charge in [0.25, 0.3) is 0 Å². The van der Waals surface area contributed by atoms with Gasteiger partial charge in [0.15, 0.2) is 6.04 Å². The number of benzene rings is 1. The van der Waals surface area contributed by atoms with E-state index < -0.39 is 12.0 Å². The van der Waals surface area contributed by atoms with Crippen LogP contribution in [0.3, 0.4) is 0 Å². The Balaban J connectivity index is 3.22. The second-order valence-electron chi connectivity index (χ2n) is 3.42. The maximum Gasteiger partial charge on any atom is 0.331 e. The fraction of sp³-hybridized carbons (Fsp3) is 0.333. The Morgan fingerprint density at radius 1 is 1.53 bits per heavy atom. The molecule has 0 bridgehead atoms. The highest BCUT2D eigenvalue weighted by atomic mass is 16.5. The van der Waals surface area contributed by atoms with E-state index in [-0.39, 0.29) is 0 Å². The third-order valence-electron chi connectivity index (χ3n) is 2.50. The summed E-state index contributed by atoms with van der Waals surface area (Å²) in [5.41, 5.74) is 0.469. The number of carbonyl (C=O) groups is 2. The fourth-order valence-electron chi connectivity index (χ4n) is 1.66. The normalized spacial score (nSPS) is 11.6. The van der Waals surface area contributed by atoms with E-state index in [9.17, 15) is 14.7 Å². The molecule has 1 aromatic rings. The Hall–Kier alpha value is -2.04. The number of para-hydroxylation sites is 1. The van der Waals surface area contributed by atoms with Crippen LogP contribution in [-0.2, 0) is 9.59 Å². The molecule has 1 amide bonds. The van der Waals surface area contributed by atoms with Crippen molar-refractivity contribution < 1.29 is 19.4 Å². The van der Waals surface area contributed by atoms with E-state index in [2.05, 4.69) is 0 Å². The molecule has 0 radical (unpaired) electrons. The summed E-state index contributed by atoms with van der Waals surface area (Å²) >= 11 is 0. The maximum absolute atomic E-state index is 11.3. The molecular formula is C12H15NO4. The molecule has 0 spiro atoms. The molecule has 1 unspecified atom stereocenters. The molecule has 5 nitrogen and oxygen atoms in total. The molecule has 0 fully saturated rings. The van der Waals surface area contributed by atoms with E-state index >= 15 is 0 Å². The van der Waals surface area contributed by atoms with Gasteiger partial charge in [-0.1, -0.05) is 18.2 Å². The molecule has 1 rings (SSSR count). The molecule has 92 valence electrons. The Morgan fingerprint density at radius 2 is 2.18 bits per heavy atom. The van der Waals surface area contributed by atoms with Gasteiger partial charge in [-0.05, 0) is 13.0 Å². The van der Waals surface area contributed by atoms with Crippen LogP contribution in [0.25, 0.3) is 0 Å². The number of rotatable bonds is 6. The molecule has 0 saturated carbocycles. The number of hydrogen-bond acceptors (Lipinski definition) is 3. The number of nitrogens with zero attached hydrogens (tertiary/aromatic N) is 1. The van der Waals surface area contributed by atoms with Crippen LogP contribution < -0.4 is 4.74 Å². The number of aliphatic carboxylic acids is 1. The molecule has 1 atom stereocenters. The summed E-state index contributed by atoms with van der Waals surface area (Å²) in [6.07, 6.45) is 0.533. The van der Waals surface area contributed by atoms with Crippen molar-refractivity contribution in [3.8, 4) is 5.75 Å². The number of carboxylic acid groups (broad SMARTS) is 1. The van der Waals surface area contributed by atoms with Crippen LogP contribution in [0.4, 0.5) is 0 Å². The molecule has 0 aliphatic heterocycles. The number of likely N-dealkylation sites (N-methyl/N-ethyl adjacent to an activating group) is 1. The third kappa shape index (κ3) is 2.75. The molecule has 0 aliphatic carbocycles. The van der Waals surface area contributed by atoms with Crippen molar-refractivity contribution >= 4 is 12.4 Å². The Labute approximate surface area is 99.6 Å². The summed E-state index contributed by atoms with van der Waals surface area (Å²) in [6, 6.07) is 5.76. The summed E-state index contributed by atoms with van der Waals surface area (Å²) in [5.74, 6) is -0.622. The number of hydrogen-bond donors (Lipinski definition) is 1. The van der Waals surface area contributed by atoms with Gasteiger partial charge >= 0.3 is 5.97 Å². The summed E-state index contributed by atoms with van der Waals surface area (Å²) in [5, 5.41) is 9.22. The monoisotopic (exact) mass is 237 g/mol. The minimum Gasteiger partial charge on any atom is -0.496 e. The fourth-order valence-corrected chi connectivity index (χ4v) is 1.66. The van der Waals surface area contributed by atoms with Gasteiger partial charge in [0.1, 0.15) is 5.75 Å². The zero-order chi connectivity index (χ0) is 12.8. The second-order valence-corrected chi connectivity index (χ2v) is 3.42. The second kappa shape index (κ2) is 5.89. The first-order valence-corrected chi connectivity index (χ1v) is 5.22.